The monoisotopic (exact) mass is 403 g/mol. The Kier molecular flexibility index (Phi) is 19.4. The molecule has 0 aliphatic carbocycles. The standard InChI is InChI=1S/C20H41N3O5/c24-16-10-4-1-7-13-21-19(27)23(15-9-3-6-12-18-26)20(28)22-14-8-2-5-11-17-25/h24-26H,1-18H2,(H,21,27)(H,22,28). The molecule has 0 aliphatic rings. The lowest BCUT2D eigenvalue weighted by Gasteiger charge is -2.22. The van der Waals surface area contributed by atoms with Gasteiger partial charge in [0.1, 0.15) is 0 Å². The number of unbranched alkanes of at least 4 members (excludes halogenated alkanes) is 9. The summed E-state index contributed by atoms with van der Waals surface area (Å²) in [5, 5.41) is 32.0. The van der Waals surface area contributed by atoms with Crippen LogP contribution in [0.3, 0.4) is 0 Å². The predicted octanol–water partition coefficient (Wildman–Crippen LogP) is 2.37. The Morgan fingerprint density at radius 3 is 1.29 bits per heavy atom. The van der Waals surface area contributed by atoms with E-state index in [-0.39, 0.29) is 31.9 Å². The number of hydrogen-bond donors (Lipinski definition) is 5. The molecule has 0 heterocycles. The van der Waals surface area contributed by atoms with Crippen molar-refractivity contribution < 1.29 is 24.9 Å². The quantitative estimate of drug-likeness (QED) is 0.225. The van der Waals surface area contributed by atoms with E-state index in [2.05, 4.69) is 10.6 Å². The van der Waals surface area contributed by atoms with Crippen LogP contribution in [0.15, 0.2) is 0 Å². The molecule has 0 aromatic heterocycles. The number of carbonyl (C=O) groups is 2. The van der Waals surface area contributed by atoms with E-state index in [1.54, 1.807) is 0 Å². The van der Waals surface area contributed by atoms with E-state index < -0.39 is 0 Å². The second-order valence-electron chi connectivity index (χ2n) is 7.03. The molecule has 0 bridgehead atoms. The number of nitrogens with zero attached hydrogens (tertiary/aromatic N) is 1. The Bertz CT molecular complexity index is 355. The zero-order valence-electron chi connectivity index (χ0n) is 17.3. The van der Waals surface area contributed by atoms with Gasteiger partial charge in [-0.3, -0.25) is 0 Å². The van der Waals surface area contributed by atoms with Gasteiger partial charge in [0.2, 0.25) is 0 Å². The first-order valence-electron chi connectivity index (χ1n) is 10.8. The summed E-state index contributed by atoms with van der Waals surface area (Å²) in [7, 11) is 0. The van der Waals surface area contributed by atoms with Gasteiger partial charge >= 0.3 is 12.1 Å². The van der Waals surface area contributed by atoms with Crippen molar-refractivity contribution in [3.05, 3.63) is 0 Å². The molecule has 0 saturated heterocycles. The van der Waals surface area contributed by atoms with Gasteiger partial charge in [-0.15, -0.1) is 0 Å². The van der Waals surface area contributed by atoms with E-state index in [0.717, 1.165) is 70.6 Å². The minimum Gasteiger partial charge on any atom is -0.396 e. The Morgan fingerprint density at radius 1 is 0.536 bits per heavy atom. The Morgan fingerprint density at radius 2 is 0.893 bits per heavy atom. The van der Waals surface area contributed by atoms with Crippen molar-refractivity contribution >= 4 is 12.1 Å². The molecule has 5 N–H and O–H groups in total. The maximum absolute atomic E-state index is 12.4. The summed E-state index contributed by atoms with van der Waals surface area (Å²) >= 11 is 0. The van der Waals surface area contributed by atoms with Crippen LogP contribution in [-0.2, 0) is 0 Å². The minimum absolute atomic E-state index is 0.164. The van der Waals surface area contributed by atoms with Crippen LogP contribution in [-0.4, -0.2) is 71.7 Å². The van der Waals surface area contributed by atoms with Crippen LogP contribution in [0.2, 0.25) is 0 Å². The highest BCUT2D eigenvalue weighted by Gasteiger charge is 2.20. The van der Waals surface area contributed by atoms with E-state index in [4.69, 9.17) is 15.3 Å². The van der Waals surface area contributed by atoms with Crippen molar-refractivity contribution in [2.24, 2.45) is 0 Å². The molecule has 0 radical (unpaired) electrons. The van der Waals surface area contributed by atoms with Crippen molar-refractivity contribution in [1.82, 2.24) is 15.5 Å². The lowest BCUT2D eigenvalue weighted by Crippen LogP contribution is -2.49. The highest BCUT2D eigenvalue weighted by molar-refractivity contribution is 5.93. The van der Waals surface area contributed by atoms with Gasteiger partial charge < -0.3 is 26.0 Å². The summed E-state index contributed by atoms with van der Waals surface area (Å²) in [6.45, 7) is 1.93. The van der Waals surface area contributed by atoms with E-state index in [1.807, 2.05) is 0 Å². The lowest BCUT2D eigenvalue weighted by atomic mass is 10.2. The average Bonchev–Trinajstić information content (AvgIpc) is 2.69. The molecule has 0 aromatic carbocycles. The molecule has 28 heavy (non-hydrogen) atoms. The molecule has 0 rings (SSSR count). The van der Waals surface area contributed by atoms with Crippen LogP contribution in [0.4, 0.5) is 9.59 Å². The maximum atomic E-state index is 12.4. The van der Waals surface area contributed by atoms with Gasteiger partial charge in [-0.05, 0) is 38.5 Å². The number of nitrogens with one attached hydrogen (secondary N) is 2. The average molecular weight is 404 g/mol. The van der Waals surface area contributed by atoms with E-state index >= 15 is 0 Å². The molecule has 4 amide bonds. The van der Waals surface area contributed by atoms with Crippen molar-refractivity contribution in [2.75, 3.05) is 39.5 Å². The largest absolute Gasteiger partial charge is 0.396 e. The molecule has 0 unspecified atom stereocenters. The Hall–Kier alpha value is -1.38. The Labute approximate surface area is 169 Å². The summed E-state index contributed by atoms with van der Waals surface area (Å²) in [6, 6.07) is -0.746. The fraction of sp³-hybridized carbons (Fsp3) is 0.900. The van der Waals surface area contributed by atoms with E-state index in [0.29, 0.717) is 26.1 Å². The van der Waals surface area contributed by atoms with Crippen LogP contribution >= 0.6 is 0 Å². The molecule has 8 nitrogen and oxygen atoms in total. The number of amides is 4. The smallest absolute Gasteiger partial charge is 0.325 e. The van der Waals surface area contributed by atoms with Gasteiger partial charge in [-0.25, -0.2) is 14.5 Å². The van der Waals surface area contributed by atoms with Crippen molar-refractivity contribution in [1.29, 1.82) is 0 Å². The molecular weight excluding hydrogens is 362 g/mol. The van der Waals surface area contributed by atoms with Gasteiger partial charge in [-0.2, -0.15) is 0 Å². The van der Waals surface area contributed by atoms with E-state index in [1.165, 1.54) is 4.90 Å². The SMILES string of the molecule is O=C(NCCCCCCO)N(CCCCCCO)C(=O)NCCCCCCO. The fourth-order valence-corrected chi connectivity index (χ4v) is 2.79. The molecule has 0 aromatic rings. The number of imide groups is 1. The molecule has 0 saturated carbocycles. The number of carbonyl (C=O) groups excluding carboxylic acids is 2. The number of rotatable bonds is 18. The van der Waals surface area contributed by atoms with Gasteiger partial charge in [0.05, 0.1) is 0 Å². The summed E-state index contributed by atoms with van der Waals surface area (Å²) in [4.78, 5) is 26.1. The first-order valence-corrected chi connectivity index (χ1v) is 10.8. The zero-order valence-corrected chi connectivity index (χ0v) is 17.3. The van der Waals surface area contributed by atoms with Crippen LogP contribution in [0.1, 0.15) is 77.0 Å². The van der Waals surface area contributed by atoms with Crippen LogP contribution in [0, 0.1) is 0 Å². The van der Waals surface area contributed by atoms with Gasteiger partial charge in [0, 0.05) is 39.5 Å². The first kappa shape index (κ1) is 26.6. The summed E-state index contributed by atoms with van der Waals surface area (Å²) in [5.74, 6) is 0. The minimum atomic E-state index is -0.373. The van der Waals surface area contributed by atoms with Crippen molar-refractivity contribution in [3.63, 3.8) is 0 Å². The van der Waals surface area contributed by atoms with Crippen LogP contribution in [0.5, 0.6) is 0 Å². The summed E-state index contributed by atoms with van der Waals surface area (Å²) in [6.07, 6.45) is 10.1. The maximum Gasteiger partial charge on any atom is 0.325 e. The van der Waals surface area contributed by atoms with Gasteiger partial charge in [-0.1, -0.05) is 38.5 Å². The number of aliphatic hydroxyl groups excluding tert-OH is 3. The molecular formula is C20H41N3O5. The normalized spacial score (nSPS) is 10.7. The number of urea groups is 2. The fourth-order valence-electron chi connectivity index (χ4n) is 2.79. The van der Waals surface area contributed by atoms with Crippen molar-refractivity contribution in [2.45, 2.75) is 77.0 Å². The Balaban J connectivity index is 4.26. The molecule has 0 aliphatic heterocycles. The number of hydrogen-bond acceptors (Lipinski definition) is 5. The third-order valence-electron chi connectivity index (χ3n) is 4.50. The number of aliphatic hydroxyl groups is 3. The molecule has 8 heteroatoms. The van der Waals surface area contributed by atoms with Crippen LogP contribution < -0.4 is 10.6 Å². The summed E-state index contributed by atoms with van der Waals surface area (Å²) < 4.78 is 0. The highest BCUT2D eigenvalue weighted by Crippen LogP contribution is 2.04. The topological polar surface area (TPSA) is 122 Å². The summed E-state index contributed by atoms with van der Waals surface area (Å²) in [5.41, 5.74) is 0. The first-order chi connectivity index (χ1) is 13.7. The zero-order chi connectivity index (χ0) is 20.9. The lowest BCUT2D eigenvalue weighted by molar-refractivity contribution is 0.184. The highest BCUT2D eigenvalue weighted by atomic mass is 16.3. The van der Waals surface area contributed by atoms with Crippen molar-refractivity contribution in [3.8, 4) is 0 Å². The van der Waals surface area contributed by atoms with E-state index in [9.17, 15) is 9.59 Å². The van der Waals surface area contributed by atoms with Gasteiger partial charge in [0.25, 0.3) is 0 Å². The molecule has 0 atom stereocenters. The molecule has 0 spiro atoms. The van der Waals surface area contributed by atoms with Gasteiger partial charge in [0.15, 0.2) is 0 Å². The third-order valence-corrected chi connectivity index (χ3v) is 4.50. The molecule has 166 valence electrons. The second kappa shape index (κ2) is 20.4. The van der Waals surface area contributed by atoms with Crippen LogP contribution in [0.25, 0.3) is 0 Å². The third kappa shape index (κ3) is 15.7. The second-order valence-corrected chi connectivity index (χ2v) is 7.03. The predicted molar refractivity (Wildman–Crippen MR) is 110 cm³/mol. The molecule has 0 fully saturated rings.